The number of hydrogen-bond acceptors (Lipinski definition) is 3. The zero-order valence-corrected chi connectivity index (χ0v) is 24.7. The SMILES string of the molecule is CCCNC(=O)C(Cc1ccccc1)N(Cc1ccccc1C)C(=O)COc1ccc(C(C)(C)C)cc1Br. The largest absolute Gasteiger partial charge is 0.483 e. The molecule has 0 aliphatic carbocycles. The van der Waals surface area contributed by atoms with Crippen molar-refractivity contribution in [3.8, 4) is 5.75 Å². The molecule has 1 unspecified atom stereocenters. The highest BCUT2D eigenvalue weighted by atomic mass is 79.9. The first-order valence-corrected chi connectivity index (χ1v) is 14.0. The third-order valence-corrected chi connectivity index (χ3v) is 7.19. The van der Waals surface area contributed by atoms with Crippen molar-refractivity contribution in [3.63, 3.8) is 0 Å². The number of amides is 2. The van der Waals surface area contributed by atoms with Crippen molar-refractivity contribution in [2.45, 2.75) is 65.5 Å². The second-order valence-electron chi connectivity index (χ2n) is 10.6. The van der Waals surface area contributed by atoms with E-state index in [2.05, 4.69) is 42.0 Å². The molecule has 0 radical (unpaired) electrons. The third-order valence-electron chi connectivity index (χ3n) is 6.57. The molecule has 0 aromatic heterocycles. The lowest BCUT2D eigenvalue weighted by molar-refractivity contribution is -0.142. The molecule has 0 saturated heterocycles. The molecule has 1 atom stereocenters. The molecule has 5 nitrogen and oxygen atoms in total. The van der Waals surface area contributed by atoms with Crippen molar-refractivity contribution in [3.05, 3.63) is 99.5 Å². The van der Waals surface area contributed by atoms with Gasteiger partial charge in [0.1, 0.15) is 11.8 Å². The minimum absolute atomic E-state index is 0.00226. The van der Waals surface area contributed by atoms with Gasteiger partial charge in [-0.05, 0) is 69.1 Å². The summed E-state index contributed by atoms with van der Waals surface area (Å²) in [6, 6.07) is 23.0. The van der Waals surface area contributed by atoms with Gasteiger partial charge in [-0.3, -0.25) is 9.59 Å². The van der Waals surface area contributed by atoms with Crippen molar-refractivity contribution in [2.24, 2.45) is 0 Å². The maximum absolute atomic E-state index is 13.8. The minimum atomic E-state index is -0.675. The second-order valence-corrected chi connectivity index (χ2v) is 11.5. The Labute approximate surface area is 235 Å². The molecule has 1 N–H and O–H groups in total. The number of aryl methyl sites for hydroxylation is 1. The van der Waals surface area contributed by atoms with Crippen LogP contribution in [0, 0.1) is 6.92 Å². The minimum Gasteiger partial charge on any atom is -0.483 e. The highest BCUT2D eigenvalue weighted by molar-refractivity contribution is 9.10. The number of rotatable bonds is 11. The number of ether oxygens (including phenoxy) is 1. The van der Waals surface area contributed by atoms with Crippen molar-refractivity contribution in [2.75, 3.05) is 13.2 Å². The number of nitrogens with zero attached hydrogens (tertiary/aromatic N) is 1. The van der Waals surface area contributed by atoms with Gasteiger partial charge in [0.2, 0.25) is 5.91 Å². The molecule has 0 aliphatic rings. The van der Waals surface area contributed by atoms with E-state index < -0.39 is 6.04 Å². The molecule has 0 heterocycles. The molecular weight excluding hydrogens is 540 g/mol. The molecule has 38 heavy (non-hydrogen) atoms. The van der Waals surface area contributed by atoms with Crippen LogP contribution in [0.2, 0.25) is 0 Å². The van der Waals surface area contributed by atoms with Crippen molar-refractivity contribution < 1.29 is 14.3 Å². The van der Waals surface area contributed by atoms with E-state index in [0.717, 1.165) is 27.6 Å². The first-order valence-electron chi connectivity index (χ1n) is 13.2. The van der Waals surface area contributed by atoms with E-state index in [4.69, 9.17) is 4.74 Å². The van der Waals surface area contributed by atoms with E-state index in [1.54, 1.807) is 4.90 Å². The average Bonchev–Trinajstić information content (AvgIpc) is 2.89. The quantitative estimate of drug-likeness (QED) is 0.279. The summed E-state index contributed by atoms with van der Waals surface area (Å²) in [7, 11) is 0. The summed E-state index contributed by atoms with van der Waals surface area (Å²) in [5.41, 5.74) is 4.22. The molecule has 202 valence electrons. The van der Waals surface area contributed by atoms with Crippen molar-refractivity contribution in [1.29, 1.82) is 0 Å². The van der Waals surface area contributed by atoms with E-state index in [1.807, 2.05) is 86.6 Å². The summed E-state index contributed by atoms with van der Waals surface area (Å²) in [6.07, 6.45) is 1.23. The van der Waals surface area contributed by atoms with Gasteiger partial charge < -0.3 is 15.0 Å². The lowest BCUT2D eigenvalue weighted by Gasteiger charge is -2.32. The summed E-state index contributed by atoms with van der Waals surface area (Å²) in [4.78, 5) is 28.9. The van der Waals surface area contributed by atoms with Gasteiger partial charge in [0.05, 0.1) is 4.47 Å². The topological polar surface area (TPSA) is 58.6 Å². The van der Waals surface area contributed by atoms with Gasteiger partial charge >= 0.3 is 0 Å². The molecule has 0 saturated carbocycles. The Hall–Kier alpha value is -3.12. The first kappa shape index (κ1) is 29.4. The summed E-state index contributed by atoms with van der Waals surface area (Å²) in [6.45, 7) is 11.2. The van der Waals surface area contributed by atoms with Gasteiger partial charge in [-0.2, -0.15) is 0 Å². The summed E-state index contributed by atoms with van der Waals surface area (Å²) in [5, 5.41) is 3.01. The number of carbonyl (C=O) groups is 2. The Morgan fingerprint density at radius 1 is 1.00 bits per heavy atom. The molecule has 3 aromatic carbocycles. The van der Waals surface area contributed by atoms with Gasteiger partial charge in [0, 0.05) is 19.5 Å². The summed E-state index contributed by atoms with van der Waals surface area (Å²) in [5.74, 6) is 0.193. The molecule has 6 heteroatoms. The van der Waals surface area contributed by atoms with Crippen LogP contribution in [0.3, 0.4) is 0 Å². The smallest absolute Gasteiger partial charge is 0.261 e. The molecule has 3 rings (SSSR count). The molecule has 0 bridgehead atoms. The van der Waals surface area contributed by atoms with Crippen LogP contribution in [0.1, 0.15) is 56.4 Å². The molecule has 3 aromatic rings. The Morgan fingerprint density at radius 3 is 2.32 bits per heavy atom. The zero-order chi connectivity index (χ0) is 27.7. The fourth-order valence-corrected chi connectivity index (χ4v) is 4.69. The highest BCUT2D eigenvalue weighted by Crippen LogP contribution is 2.31. The van der Waals surface area contributed by atoms with Crippen LogP contribution in [0.4, 0.5) is 0 Å². The molecular formula is C32H39BrN2O3. The maximum Gasteiger partial charge on any atom is 0.261 e. The number of carbonyl (C=O) groups excluding carboxylic acids is 2. The van der Waals surface area contributed by atoms with E-state index in [1.165, 1.54) is 5.56 Å². The van der Waals surface area contributed by atoms with Crippen LogP contribution >= 0.6 is 15.9 Å². The Kier molecular flexibility index (Phi) is 10.5. The van der Waals surface area contributed by atoms with Crippen LogP contribution in [0.5, 0.6) is 5.75 Å². The van der Waals surface area contributed by atoms with Crippen LogP contribution in [0.25, 0.3) is 0 Å². The van der Waals surface area contributed by atoms with Crippen LogP contribution in [-0.4, -0.2) is 35.9 Å². The van der Waals surface area contributed by atoms with Gasteiger partial charge in [-0.25, -0.2) is 0 Å². The second kappa shape index (κ2) is 13.6. The van der Waals surface area contributed by atoms with E-state index >= 15 is 0 Å². The zero-order valence-electron chi connectivity index (χ0n) is 23.1. The monoisotopic (exact) mass is 578 g/mol. The van der Waals surface area contributed by atoms with Crippen LogP contribution in [-0.2, 0) is 28.0 Å². The van der Waals surface area contributed by atoms with E-state index in [-0.39, 0.29) is 23.8 Å². The predicted molar refractivity (Wildman–Crippen MR) is 157 cm³/mol. The van der Waals surface area contributed by atoms with Gasteiger partial charge in [0.25, 0.3) is 5.91 Å². The Balaban J connectivity index is 1.90. The predicted octanol–water partition coefficient (Wildman–Crippen LogP) is 6.60. The summed E-state index contributed by atoms with van der Waals surface area (Å²) >= 11 is 3.60. The number of halogens is 1. The molecule has 0 fully saturated rings. The fourth-order valence-electron chi connectivity index (χ4n) is 4.20. The lowest BCUT2D eigenvalue weighted by atomic mass is 9.87. The normalized spacial score (nSPS) is 12.1. The number of hydrogen-bond donors (Lipinski definition) is 1. The molecule has 0 aliphatic heterocycles. The average molecular weight is 580 g/mol. The highest BCUT2D eigenvalue weighted by Gasteiger charge is 2.31. The van der Waals surface area contributed by atoms with Gasteiger partial charge in [-0.1, -0.05) is 88.4 Å². The van der Waals surface area contributed by atoms with Crippen molar-refractivity contribution in [1.82, 2.24) is 10.2 Å². The summed E-state index contributed by atoms with van der Waals surface area (Å²) < 4.78 is 6.80. The number of benzene rings is 3. The van der Waals surface area contributed by atoms with Crippen molar-refractivity contribution >= 4 is 27.7 Å². The standard InChI is InChI=1S/C32H39BrN2O3/c1-6-18-34-31(37)28(19-24-13-8-7-9-14-24)35(21-25-15-11-10-12-23(25)2)30(36)22-38-29-17-16-26(20-27(29)33)32(3,4)5/h7-17,20,28H,6,18-19,21-22H2,1-5H3,(H,34,37). The molecule has 0 spiro atoms. The van der Waals surface area contributed by atoms with Crippen LogP contribution < -0.4 is 10.1 Å². The fraction of sp³-hybridized carbons (Fsp3) is 0.375. The van der Waals surface area contributed by atoms with E-state index in [9.17, 15) is 9.59 Å². The molecule has 2 amide bonds. The van der Waals surface area contributed by atoms with Gasteiger partial charge in [-0.15, -0.1) is 0 Å². The first-order chi connectivity index (χ1) is 18.1. The van der Waals surface area contributed by atoms with E-state index in [0.29, 0.717) is 25.3 Å². The lowest BCUT2D eigenvalue weighted by Crippen LogP contribution is -2.51. The Morgan fingerprint density at radius 2 is 1.68 bits per heavy atom. The third kappa shape index (κ3) is 8.19. The van der Waals surface area contributed by atoms with Crippen LogP contribution in [0.15, 0.2) is 77.3 Å². The maximum atomic E-state index is 13.8. The number of nitrogens with one attached hydrogen (secondary N) is 1. The van der Waals surface area contributed by atoms with Gasteiger partial charge in [0.15, 0.2) is 6.61 Å². The Bertz CT molecular complexity index is 1220.